The van der Waals surface area contributed by atoms with Crippen LogP contribution in [0.25, 0.3) is 5.76 Å². The molecule has 0 radical (unpaired) electrons. The van der Waals surface area contributed by atoms with Gasteiger partial charge in [0.25, 0.3) is 5.69 Å². The molecular weight excluding hydrogens is 186 g/mol. The molecule has 0 fully saturated rings. The zero-order valence-corrected chi connectivity index (χ0v) is 7.51. The third-order valence-electron chi connectivity index (χ3n) is 1.70. The van der Waals surface area contributed by atoms with E-state index in [2.05, 4.69) is 0 Å². The van der Waals surface area contributed by atoms with E-state index < -0.39 is 4.92 Å². The van der Waals surface area contributed by atoms with Gasteiger partial charge in [-0.1, -0.05) is 0 Å². The molecule has 0 aliphatic heterocycles. The molecule has 0 spiro atoms. The van der Waals surface area contributed by atoms with Crippen LogP contribution in [0, 0.1) is 10.1 Å². The summed E-state index contributed by atoms with van der Waals surface area (Å²) < 4.78 is 4.83. The van der Waals surface area contributed by atoms with Crippen LogP contribution in [0.3, 0.4) is 0 Å². The molecule has 5 nitrogen and oxygen atoms in total. The van der Waals surface area contributed by atoms with Gasteiger partial charge >= 0.3 is 0 Å². The highest BCUT2D eigenvalue weighted by Crippen LogP contribution is 2.18. The molecule has 14 heavy (non-hydrogen) atoms. The molecule has 1 rings (SSSR count). The first-order valence-corrected chi connectivity index (χ1v) is 3.82. The lowest BCUT2D eigenvalue weighted by molar-refractivity contribution is -0.384. The van der Waals surface area contributed by atoms with Crippen LogP contribution in [0.1, 0.15) is 5.56 Å². The van der Waals surface area contributed by atoms with Crippen LogP contribution in [0.15, 0.2) is 30.5 Å². The lowest BCUT2D eigenvalue weighted by Crippen LogP contribution is -1.90. The monoisotopic (exact) mass is 195 g/mol. The SMILES string of the molecule is COC(=CO)c1ccc([N+](=O)[O-])cc1. The Morgan fingerprint density at radius 3 is 2.43 bits per heavy atom. The van der Waals surface area contributed by atoms with Crippen molar-refractivity contribution in [2.24, 2.45) is 0 Å². The largest absolute Gasteiger partial charge is 0.512 e. The number of nitrogens with zero attached hydrogens (tertiary/aromatic N) is 1. The number of ether oxygens (including phenoxy) is 1. The highest BCUT2D eigenvalue weighted by atomic mass is 16.6. The summed E-state index contributed by atoms with van der Waals surface area (Å²) in [5, 5.41) is 19.1. The summed E-state index contributed by atoms with van der Waals surface area (Å²) in [6, 6.07) is 5.70. The summed E-state index contributed by atoms with van der Waals surface area (Å²) in [5.74, 6) is 0.264. The van der Waals surface area contributed by atoms with Crippen LogP contribution in [0.4, 0.5) is 5.69 Å². The number of hydrogen-bond donors (Lipinski definition) is 1. The van der Waals surface area contributed by atoms with Crippen LogP contribution < -0.4 is 0 Å². The summed E-state index contributed by atoms with van der Waals surface area (Å²) in [5.41, 5.74) is 0.586. The maximum absolute atomic E-state index is 10.3. The van der Waals surface area contributed by atoms with Gasteiger partial charge in [-0.05, 0) is 12.1 Å². The third kappa shape index (κ3) is 2.01. The lowest BCUT2D eigenvalue weighted by atomic mass is 10.2. The number of nitro benzene ring substituents is 1. The van der Waals surface area contributed by atoms with E-state index in [-0.39, 0.29) is 11.4 Å². The van der Waals surface area contributed by atoms with Gasteiger partial charge in [0.2, 0.25) is 0 Å². The summed E-state index contributed by atoms with van der Waals surface area (Å²) in [6.07, 6.45) is 0.807. The molecule has 0 heterocycles. The molecule has 0 aliphatic rings. The first kappa shape index (κ1) is 10.0. The number of nitro groups is 1. The molecule has 0 saturated carbocycles. The number of benzene rings is 1. The van der Waals surface area contributed by atoms with E-state index in [1.807, 2.05) is 0 Å². The second-order valence-electron chi connectivity index (χ2n) is 2.50. The van der Waals surface area contributed by atoms with Gasteiger partial charge < -0.3 is 9.84 Å². The average Bonchev–Trinajstić information content (AvgIpc) is 2.20. The molecule has 0 saturated heterocycles. The summed E-state index contributed by atoms with van der Waals surface area (Å²) in [4.78, 5) is 9.84. The molecule has 74 valence electrons. The van der Waals surface area contributed by atoms with Crippen molar-refractivity contribution in [1.82, 2.24) is 0 Å². The topological polar surface area (TPSA) is 72.6 Å². The minimum atomic E-state index is -0.487. The Labute approximate surface area is 80.4 Å². The Bertz CT molecular complexity index is 356. The Morgan fingerprint density at radius 2 is 2.07 bits per heavy atom. The predicted molar refractivity (Wildman–Crippen MR) is 50.7 cm³/mol. The van der Waals surface area contributed by atoms with Crippen molar-refractivity contribution >= 4 is 11.4 Å². The van der Waals surface area contributed by atoms with E-state index in [0.29, 0.717) is 5.56 Å². The van der Waals surface area contributed by atoms with Gasteiger partial charge in [-0.3, -0.25) is 10.1 Å². The Kier molecular flexibility index (Phi) is 3.06. The quantitative estimate of drug-likeness (QED) is 0.455. The number of hydrogen-bond acceptors (Lipinski definition) is 4. The number of aliphatic hydroxyl groups excluding tert-OH is 1. The normalized spacial score (nSPS) is 11.1. The van der Waals surface area contributed by atoms with Crippen LogP contribution in [0.2, 0.25) is 0 Å². The highest BCUT2D eigenvalue weighted by molar-refractivity contribution is 5.59. The van der Waals surface area contributed by atoms with Crippen LogP contribution in [-0.4, -0.2) is 17.1 Å². The Hall–Kier alpha value is -2.04. The maximum atomic E-state index is 10.3. The van der Waals surface area contributed by atoms with Crippen molar-refractivity contribution in [1.29, 1.82) is 0 Å². The molecule has 5 heteroatoms. The molecule has 1 aromatic rings. The molecule has 0 bridgehead atoms. The highest BCUT2D eigenvalue weighted by Gasteiger charge is 2.06. The Morgan fingerprint density at radius 1 is 1.50 bits per heavy atom. The Balaban J connectivity index is 2.99. The van der Waals surface area contributed by atoms with E-state index in [1.54, 1.807) is 0 Å². The standard InChI is InChI=1S/C9H9NO4/c1-14-9(6-11)7-2-4-8(5-3-7)10(12)13/h2-6,11H,1H3. The van der Waals surface area contributed by atoms with E-state index >= 15 is 0 Å². The van der Waals surface area contributed by atoms with E-state index in [4.69, 9.17) is 9.84 Å². The molecule has 1 N–H and O–H groups in total. The van der Waals surface area contributed by atoms with Crippen molar-refractivity contribution < 1.29 is 14.8 Å². The van der Waals surface area contributed by atoms with E-state index in [0.717, 1.165) is 6.26 Å². The van der Waals surface area contributed by atoms with Crippen molar-refractivity contribution in [3.63, 3.8) is 0 Å². The first-order valence-electron chi connectivity index (χ1n) is 3.82. The van der Waals surface area contributed by atoms with Gasteiger partial charge in [0.15, 0.2) is 5.76 Å². The lowest BCUT2D eigenvalue weighted by Gasteiger charge is -2.03. The van der Waals surface area contributed by atoms with Crippen molar-refractivity contribution in [3.05, 3.63) is 46.2 Å². The molecule has 0 atom stereocenters. The minimum absolute atomic E-state index is 0.00198. The van der Waals surface area contributed by atoms with Gasteiger partial charge in [-0.25, -0.2) is 0 Å². The maximum Gasteiger partial charge on any atom is 0.269 e. The fourth-order valence-corrected chi connectivity index (χ4v) is 0.993. The molecule has 0 amide bonds. The third-order valence-corrected chi connectivity index (χ3v) is 1.70. The van der Waals surface area contributed by atoms with Gasteiger partial charge in [-0.2, -0.15) is 0 Å². The molecular formula is C9H9NO4. The molecule has 0 aromatic heterocycles. The van der Waals surface area contributed by atoms with Crippen molar-refractivity contribution in [3.8, 4) is 0 Å². The minimum Gasteiger partial charge on any atom is -0.512 e. The van der Waals surface area contributed by atoms with Crippen LogP contribution >= 0.6 is 0 Å². The zero-order chi connectivity index (χ0) is 10.6. The second-order valence-corrected chi connectivity index (χ2v) is 2.50. The first-order chi connectivity index (χ1) is 6.69. The van der Waals surface area contributed by atoms with Gasteiger partial charge in [-0.15, -0.1) is 0 Å². The molecule has 0 aliphatic carbocycles. The predicted octanol–water partition coefficient (Wildman–Crippen LogP) is 2.10. The summed E-state index contributed by atoms with van der Waals surface area (Å²) in [6.45, 7) is 0. The smallest absolute Gasteiger partial charge is 0.269 e. The summed E-state index contributed by atoms with van der Waals surface area (Å²) >= 11 is 0. The molecule has 1 aromatic carbocycles. The zero-order valence-electron chi connectivity index (χ0n) is 7.51. The molecule has 0 unspecified atom stereocenters. The number of rotatable bonds is 3. The van der Waals surface area contributed by atoms with Gasteiger partial charge in [0.05, 0.1) is 12.0 Å². The fraction of sp³-hybridized carbons (Fsp3) is 0.111. The number of aliphatic hydroxyl groups is 1. The summed E-state index contributed by atoms with van der Waals surface area (Å²) in [7, 11) is 1.41. The van der Waals surface area contributed by atoms with Gasteiger partial charge in [0, 0.05) is 17.7 Å². The van der Waals surface area contributed by atoms with E-state index in [1.165, 1.54) is 31.4 Å². The van der Waals surface area contributed by atoms with E-state index in [9.17, 15) is 10.1 Å². The van der Waals surface area contributed by atoms with Crippen LogP contribution in [-0.2, 0) is 4.74 Å². The van der Waals surface area contributed by atoms with Crippen molar-refractivity contribution in [2.45, 2.75) is 0 Å². The number of methoxy groups -OCH3 is 1. The fourth-order valence-electron chi connectivity index (χ4n) is 0.993. The van der Waals surface area contributed by atoms with Gasteiger partial charge in [0.1, 0.15) is 6.26 Å². The number of non-ortho nitro benzene ring substituents is 1. The van der Waals surface area contributed by atoms with Crippen LogP contribution in [0.5, 0.6) is 0 Å². The second kappa shape index (κ2) is 4.27. The van der Waals surface area contributed by atoms with Crippen molar-refractivity contribution in [2.75, 3.05) is 7.11 Å². The average molecular weight is 195 g/mol.